The summed E-state index contributed by atoms with van der Waals surface area (Å²) >= 11 is 3.40. The highest BCUT2D eigenvalue weighted by atomic mass is 79.9. The van der Waals surface area contributed by atoms with Gasteiger partial charge in [0.1, 0.15) is 11.9 Å². The minimum Gasteiger partial charge on any atom is -0.353 e. The lowest BCUT2D eigenvalue weighted by atomic mass is 10.2. The number of nitrogens with one attached hydrogen (secondary N) is 1. The standard InChI is InChI=1S/C18H18BrN5O/c19-15-4-1-5-16(11-15)22-17(25)13-23-7-9-24(10-8-23)18-14(12-20)3-2-6-21-18/h1-6,11H,7-10,13H2,(H,22,25). The van der Waals surface area contributed by atoms with E-state index < -0.39 is 0 Å². The second-order valence-electron chi connectivity index (χ2n) is 5.81. The number of benzene rings is 1. The van der Waals surface area contributed by atoms with E-state index in [1.807, 2.05) is 24.3 Å². The first-order valence-corrected chi connectivity index (χ1v) is 8.83. The Kier molecular flexibility index (Phi) is 5.64. The molecule has 2 aromatic rings. The first-order chi connectivity index (χ1) is 12.2. The number of aromatic nitrogens is 1. The normalized spacial score (nSPS) is 14.8. The van der Waals surface area contributed by atoms with Gasteiger partial charge in [-0.05, 0) is 30.3 Å². The van der Waals surface area contributed by atoms with Crippen LogP contribution in [0.2, 0.25) is 0 Å². The zero-order valence-electron chi connectivity index (χ0n) is 13.7. The second kappa shape index (κ2) is 8.10. The molecule has 0 saturated carbocycles. The van der Waals surface area contributed by atoms with Crippen LogP contribution in [0.15, 0.2) is 47.1 Å². The van der Waals surface area contributed by atoms with Crippen molar-refractivity contribution in [3.05, 3.63) is 52.6 Å². The lowest BCUT2D eigenvalue weighted by Crippen LogP contribution is -2.49. The molecule has 6 nitrogen and oxygen atoms in total. The highest BCUT2D eigenvalue weighted by Gasteiger charge is 2.21. The summed E-state index contributed by atoms with van der Waals surface area (Å²) in [6.45, 7) is 3.36. The molecule has 7 heteroatoms. The van der Waals surface area contributed by atoms with Crippen LogP contribution in [0, 0.1) is 11.3 Å². The van der Waals surface area contributed by atoms with Crippen molar-refractivity contribution in [1.82, 2.24) is 9.88 Å². The lowest BCUT2D eigenvalue weighted by Gasteiger charge is -2.35. The largest absolute Gasteiger partial charge is 0.353 e. The number of rotatable bonds is 4. The van der Waals surface area contributed by atoms with Gasteiger partial charge in [-0.25, -0.2) is 4.98 Å². The number of amides is 1. The Balaban J connectivity index is 1.52. The van der Waals surface area contributed by atoms with Crippen molar-refractivity contribution in [3.8, 4) is 6.07 Å². The molecule has 1 aromatic carbocycles. The van der Waals surface area contributed by atoms with E-state index in [0.29, 0.717) is 12.1 Å². The average Bonchev–Trinajstić information content (AvgIpc) is 2.62. The maximum Gasteiger partial charge on any atom is 0.238 e. The molecule has 1 saturated heterocycles. The second-order valence-corrected chi connectivity index (χ2v) is 6.72. The minimum absolute atomic E-state index is 0.0258. The van der Waals surface area contributed by atoms with Crippen molar-refractivity contribution >= 4 is 33.3 Å². The van der Waals surface area contributed by atoms with E-state index in [4.69, 9.17) is 0 Å². The molecule has 0 radical (unpaired) electrons. The fourth-order valence-electron chi connectivity index (χ4n) is 2.82. The minimum atomic E-state index is -0.0258. The molecule has 2 heterocycles. The van der Waals surface area contributed by atoms with Gasteiger partial charge in [0.05, 0.1) is 12.1 Å². The highest BCUT2D eigenvalue weighted by molar-refractivity contribution is 9.10. The fourth-order valence-corrected chi connectivity index (χ4v) is 3.22. The molecule has 1 aliphatic heterocycles. The van der Waals surface area contributed by atoms with Gasteiger partial charge in [-0.3, -0.25) is 9.69 Å². The third-order valence-corrected chi connectivity index (χ3v) is 4.55. The maximum atomic E-state index is 12.2. The van der Waals surface area contributed by atoms with E-state index in [-0.39, 0.29) is 5.91 Å². The third kappa shape index (κ3) is 4.56. The summed E-state index contributed by atoms with van der Waals surface area (Å²) in [6.07, 6.45) is 1.70. The smallest absolute Gasteiger partial charge is 0.238 e. The molecule has 1 aliphatic rings. The van der Waals surface area contributed by atoms with Crippen LogP contribution in [0.4, 0.5) is 11.5 Å². The third-order valence-electron chi connectivity index (χ3n) is 4.05. The number of anilines is 2. The van der Waals surface area contributed by atoms with Crippen molar-refractivity contribution in [1.29, 1.82) is 5.26 Å². The Hall–Kier alpha value is -2.43. The van der Waals surface area contributed by atoms with Crippen molar-refractivity contribution in [3.63, 3.8) is 0 Å². The van der Waals surface area contributed by atoms with Crippen molar-refractivity contribution in [2.24, 2.45) is 0 Å². The molecule has 25 heavy (non-hydrogen) atoms. The van der Waals surface area contributed by atoms with Gasteiger partial charge in [0, 0.05) is 42.5 Å². The van der Waals surface area contributed by atoms with Crippen LogP contribution < -0.4 is 10.2 Å². The van der Waals surface area contributed by atoms with E-state index in [1.165, 1.54) is 0 Å². The summed E-state index contributed by atoms with van der Waals surface area (Å²) in [5, 5.41) is 12.1. The van der Waals surface area contributed by atoms with Gasteiger partial charge >= 0.3 is 0 Å². The fraction of sp³-hybridized carbons (Fsp3) is 0.278. The van der Waals surface area contributed by atoms with Crippen LogP contribution in [0.3, 0.4) is 0 Å². The topological polar surface area (TPSA) is 72.3 Å². The number of piperazine rings is 1. The molecule has 128 valence electrons. The Morgan fingerprint density at radius 1 is 1.24 bits per heavy atom. The Morgan fingerprint density at radius 3 is 2.76 bits per heavy atom. The Morgan fingerprint density at radius 2 is 2.04 bits per heavy atom. The molecular weight excluding hydrogens is 382 g/mol. The summed E-state index contributed by atoms with van der Waals surface area (Å²) in [5.41, 5.74) is 1.37. The van der Waals surface area contributed by atoms with Crippen molar-refractivity contribution in [2.45, 2.75) is 0 Å². The zero-order chi connectivity index (χ0) is 17.6. The van der Waals surface area contributed by atoms with Gasteiger partial charge in [0.15, 0.2) is 0 Å². The first-order valence-electron chi connectivity index (χ1n) is 8.03. The Labute approximate surface area is 155 Å². The molecule has 0 spiro atoms. The molecule has 0 unspecified atom stereocenters. The summed E-state index contributed by atoms with van der Waals surface area (Å²) in [5.74, 6) is 0.699. The number of nitrogens with zero attached hydrogens (tertiary/aromatic N) is 4. The first kappa shape index (κ1) is 17.4. The summed E-state index contributed by atoms with van der Waals surface area (Å²) in [4.78, 5) is 20.7. The summed E-state index contributed by atoms with van der Waals surface area (Å²) in [6, 6.07) is 13.3. The number of pyridine rings is 1. The van der Waals surface area contributed by atoms with Gasteiger partial charge in [0.25, 0.3) is 0 Å². The molecule has 1 aromatic heterocycles. The van der Waals surface area contributed by atoms with Crippen LogP contribution >= 0.6 is 15.9 Å². The van der Waals surface area contributed by atoms with E-state index >= 15 is 0 Å². The number of carbonyl (C=O) groups is 1. The number of hydrogen-bond acceptors (Lipinski definition) is 5. The molecule has 0 atom stereocenters. The predicted molar refractivity (Wildman–Crippen MR) is 100 cm³/mol. The molecule has 1 N–H and O–H groups in total. The van der Waals surface area contributed by atoms with Crippen LogP contribution in [-0.2, 0) is 4.79 Å². The lowest BCUT2D eigenvalue weighted by molar-refractivity contribution is -0.117. The predicted octanol–water partition coefficient (Wildman–Crippen LogP) is 2.48. The number of carbonyl (C=O) groups excluding carboxylic acids is 1. The van der Waals surface area contributed by atoms with Gasteiger partial charge in [-0.2, -0.15) is 5.26 Å². The van der Waals surface area contributed by atoms with Crippen LogP contribution in [0.1, 0.15) is 5.56 Å². The molecule has 0 aliphatic carbocycles. The molecule has 1 amide bonds. The molecule has 3 rings (SSSR count). The van der Waals surface area contributed by atoms with Gasteiger partial charge in [-0.15, -0.1) is 0 Å². The molecule has 1 fully saturated rings. The van der Waals surface area contributed by atoms with Crippen molar-refractivity contribution in [2.75, 3.05) is 42.9 Å². The summed E-state index contributed by atoms with van der Waals surface area (Å²) in [7, 11) is 0. The van der Waals surface area contributed by atoms with Gasteiger partial charge in [0.2, 0.25) is 5.91 Å². The van der Waals surface area contributed by atoms with E-state index in [9.17, 15) is 10.1 Å². The van der Waals surface area contributed by atoms with Gasteiger partial charge < -0.3 is 10.2 Å². The quantitative estimate of drug-likeness (QED) is 0.854. The van der Waals surface area contributed by atoms with Crippen molar-refractivity contribution < 1.29 is 4.79 Å². The maximum absolute atomic E-state index is 12.2. The van der Waals surface area contributed by atoms with E-state index in [1.54, 1.807) is 18.3 Å². The monoisotopic (exact) mass is 399 g/mol. The number of nitriles is 1. The van der Waals surface area contributed by atoms with Crippen LogP contribution in [-0.4, -0.2) is 48.5 Å². The highest BCUT2D eigenvalue weighted by Crippen LogP contribution is 2.18. The average molecular weight is 400 g/mol. The van der Waals surface area contributed by atoms with E-state index in [2.05, 4.69) is 42.1 Å². The van der Waals surface area contributed by atoms with Crippen LogP contribution in [0.5, 0.6) is 0 Å². The zero-order valence-corrected chi connectivity index (χ0v) is 15.2. The Bertz CT molecular complexity index is 796. The molecule has 0 bridgehead atoms. The van der Waals surface area contributed by atoms with Crippen LogP contribution in [0.25, 0.3) is 0 Å². The summed E-state index contributed by atoms with van der Waals surface area (Å²) < 4.78 is 0.933. The number of halogens is 1. The molecular formula is C18H18BrN5O. The van der Waals surface area contributed by atoms with E-state index in [0.717, 1.165) is 42.2 Å². The van der Waals surface area contributed by atoms with Gasteiger partial charge in [-0.1, -0.05) is 22.0 Å². The number of hydrogen-bond donors (Lipinski definition) is 1. The SMILES string of the molecule is N#Cc1cccnc1N1CCN(CC(=O)Nc2cccc(Br)c2)CC1.